The van der Waals surface area contributed by atoms with Crippen LogP contribution in [0.1, 0.15) is 70.6 Å². The molecular formula is C17H28N4O2. The maximum absolute atomic E-state index is 11.6. The van der Waals surface area contributed by atoms with E-state index in [0.29, 0.717) is 11.8 Å². The minimum absolute atomic E-state index is 0.246. The predicted octanol–water partition coefficient (Wildman–Crippen LogP) is 2.74. The zero-order chi connectivity index (χ0) is 16.3. The molecule has 0 saturated heterocycles. The van der Waals surface area contributed by atoms with Crippen LogP contribution in [-0.4, -0.2) is 24.2 Å². The fraction of sp³-hybridized carbons (Fsp3) is 0.765. The standard InChI is InChI=1S/C17H28N4O2/c22-16(20-18-12-14-7-3-1-4-8-14)11-17(23)21-19-13-15-9-5-2-6-10-15/h12-15H,1-11H2,(H,20,22)(H,21,23)/b18-12-,19-13-. The van der Waals surface area contributed by atoms with E-state index in [1.54, 1.807) is 12.4 Å². The lowest BCUT2D eigenvalue weighted by molar-refractivity contribution is -0.129. The highest BCUT2D eigenvalue weighted by molar-refractivity contribution is 5.97. The fourth-order valence-corrected chi connectivity index (χ4v) is 3.22. The van der Waals surface area contributed by atoms with Gasteiger partial charge in [-0.25, -0.2) is 10.9 Å². The number of rotatable bonds is 6. The highest BCUT2D eigenvalue weighted by Crippen LogP contribution is 2.22. The lowest BCUT2D eigenvalue weighted by Gasteiger charge is -2.16. The average Bonchev–Trinajstić information content (AvgIpc) is 2.57. The normalized spacial score (nSPS) is 20.9. The number of nitrogens with zero attached hydrogens (tertiary/aromatic N) is 2. The SMILES string of the molecule is O=C(CC(=O)N/N=C\C1CCCCC1)N/N=C\C1CCCCC1. The quantitative estimate of drug-likeness (QED) is 0.448. The molecule has 0 radical (unpaired) electrons. The molecule has 2 rings (SSSR count). The van der Waals surface area contributed by atoms with Crippen LogP contribution in [0.25, 0.3) is 0 Å². The van der Waals surface area contributed by atoms with Gasteiger partial charge in [-0.2, -0.15) is 10.2 Å². The van der Waals surface area contributed by atoms with Crippen LogP contribution >= 0.6 is 0 Å². The summed E-state index contributed by atoms with van der Waals surface area (Å²) in [5.41, 5.74) is 4.84. The molecule has 2 aliphatic carbocycles. The largest absolute Gasteiger partial charge is 0.273 e. The molecule has 2 saturated carbocycles. The van der Waals surface area contributed by atoms with Gasteiger partial charge in [-0.05, 0) is 37.5 Å². The molecule has 0 aromatic carbocycles. The van der Waals surface area contributed by atoms with Gasteiger partial charge in [0.05, 0.1) is 0 Å². The molecule has 0 heterocycles. The molecule has 6 nitrogen and oxygen atoms in total. The zero-order valence-electron chi connectivity index (χ0n) is 13.8. The summed E-state index contributed by atoms with van der Waals surface area (Å²) in [6.07, 6.45) is 15.4. The van der Waals surface area contributed by atoms with E-state index in [4.69, 9.17) is 0 Å². The molecule has 0 atom stereocenters. The van der Waals surface area contributed by atoms with E-state index in [0.717, 1.165) is 25.7 Å². The van der Waals surface area contributed by atoms with Crippen molar-refractivity contribution >= 4 is 24.2 Å². The van der Waals surface area contributed by atoms with E-state index in [1.807, 2.05) is 0 Å². The molecule has 0 aromatic heterocycles. The van der Waals surface area contributed by atoms with E-state index < -0.39 is 11.8 Å². The third kappa shape index (κ3) is 7.39. The summed E-state index contributed by atoms with van der Waals surface area (Å²) in [5, 5.41) is 7.92. The Labute approximate surface area is 138 Å². The Bertz CT molecular complexity index is 396. The molecule has 2 N–H and O–H groups in total. The van der Waals surface area contributed by atoms with Crippen molar-refractivity contribution in [2.75, 3.05) is 0 Å². The van der Waals surface area contributed by atoms with Gasteiger partial charge in [0, 0.05) is 12.4 Å². The van der Waals surface area contributed by atoms with Crippen LogP contribution < -0.4 is 10.9 Å². The Morgan fingerprint density at radius 1 is 0.739 bits per heavy atom. The number of carbonyl (C=O) groups is 2. The lowest BCUT2D eigenvalue weighted by atomic mass is 9.90. The van der Waals surface area contributed by atoms with Gasteiger partial charge in [0.15, 0.2) is 0 Å². The topological polar surface area (TPSA) is 82.9 Å². The summed E-state index contributed by atoms with van der Waals surface area (Å²) >= 11 is 0. The summed E-state index contributed by atoms with van der Waals surface area (Å²) in [6, 6.07) is 0. The molecule has 0 aromatic rings. The van der Waals surface area contributed by atoms with E-state index in [-0.39, 0.29) is 6.42 Å². The molecule has 6 heteroatoms. The van der Waals surface area contributed by atoms with E-state index in [1.165, 1.54) is 38.5 Å². The van der Waals surface area contributed by atoms with Gasteiger partial charge in [0.2, 0.25) is 11.8 Å². The van der Waals surface area contributed by atoms with Gasteiger partial charge in [0.1, 0.15) is 6.42 Å². The molecule has 128 valence electrons. The minimum Gasteiger partial charge on any atom is -0.273 e. The predicted molar refractivity (Wildman–Crippen MR) is 91.0 cm³/mol. The van der Waals surface area contributed by atoms with Gasteiger partial charge in [-0.3, -0.25) is 9.59 Å². The Kier molecular flexibility index (Phi) is 7.77. The average molecular weight is 320 g/mol. The lowest BCUT2D eigenvalue weighted by Crippen LogP contribution is -2.27. The number of hydrogen-bond donors (Lipinski definition) is 2. The van der Waals surface area contributed by atoms with Gasteiger partial charge in [-0.1, -0.05) is 38.5 Å². The van der Waals surface area contributed by atoms with Crippen LogP contribution in [0.3, 0.4) is 0 Å². The first kappa shape index (κ1) is 17.6. The van der Waals surface area contributed by atoms with Crippen molar-refractivity contribution in [3.63, 3.8) is 0 Å². The van der Waals surface area contributed by atoms with E-state index in [9.17, 15) is 9.59 Å². The van der Waals surface area contributed by atoms with Gasteiger partial charge in [-0.15, -0.1) is 0 Å². The maximum Gasteiger partial charge on any atom is 0.249 e. The summed E-state index contributed by atoms with van der Waals surface area (Å²) in [4.78, 5) is 23.2. The number of carbonyl (C=O) groups excluding carboxylic acids is 2. The van der Waals surface area contributed by atoms with Crippen LogP contribution in [0.2, 0.25) is 0 Å². The van der Waals surface area contributed by atoms with Crippen molar-refractivity contribution < 1.29 is 9.59 Å². The zero-order valence-corrected chi connectivity index (χ0v) is 13.8. The van der Waals surface area contributed by atoms with Crippen molar-refractivity contribution in [2.24, 2.45) is 22.0 Å². The Hall–Kier alpha value is -1.72. The molecule has 0 bridgehead atoms. The number of nitrogens with one attached hydrogen (secondary N) is 2. The monoisotopic (exact) mass is 320 g/mol. The molecule has 2 aliphatic rings. The second-order valence-electron chi connectivity index (χ2n) is 6.60. The first-order valence-corrected chi connectivity index (χ1v) is 8.88. The third-order valence-electron chi connectivity index (χ3n) is 4.57. The summed E-state index contributed by atoms with van der Waals surface area (Å²) in [6.45, 7) is 0. The highest BCUT2D eigenvalue weighted by Gasteiger charge is 2.13. The van der Waals surface area contributed by atoms with Crippen molar-refractivity contribution in [3.05, 3.63) is 0 Å². The smallest absolute Gasteiger partial charge is 0.249 e. The van der Waals surface area contributed by atoms with E-state index >= 15 is 0 Å². The van der Waals surface area contributed by atoms with E-state index in [2.05, 4.69) is 21.1 Å². The summed E-state index contributed by atoms with van der Waals surface area (Å²) in [5.74, 6) is 0.112. The Morgan fingerprint density at radius 3 is 1.52 bits per heavy atom. The van der Waals surface area contributed by atoms with Crippen LogP contribution in [0, 0.1) is 11.8 Å². The number of amides is 2. The Balaban J connectivity index is 1.59. The van der Waals surface area contributed by atoms with Crippen molar-refractivity contribution in [3.8, 4) is 0 Å². The van der Waals surface area contributed by atoms with Crippen molar-refractivity contribution in [2.45, 2.75) is 70.6 Å². The highest BCUT2D eigenvalue weighted by atomic mass is 16.2. The summed E-state index contributed by atoms with van der Waals surface area (Å²) in [7, 11) is 0. The second kappa shape index (κ2) is 10.1. The molecule has 2 amide bonds. The maximum atomic E-state index is 11.6. The molecular weight excluding hydrogens is 292 g/mol. The minimum atomic E-state index is -0.401. The van der Waals surface area contributed by atoms with Crippen LogP contribution in [0.5, 0.6) is 0 Å². The third-order valence-corrected chi connectivity index (χ3v) is 4.57. The molecule has 2 fully saturated rings. The van der Waals surface area contributed by atoms with Crippen LogP contribution in [0.15, 0.2) is 10.2 Å². The van der Waals surface area contributed by atoms with Crippen LogP contribution in [-0.2, 0) is 9.59 Å². The van der Waals surface area contributed by atoms with Crippen LogP contribution in [0.4, 0.5) is 0 Å². The number of hydrazone groups is 2. The summed E-state index contributed by atoms with van der Waals surface area (Å²) < 4.78 is 0. The van der Waals surface area contributed by atoms with Crippen molar-refractivity contribution in [1.29, 1.82) is 0 Å². The Morgan fingerprint density at radius 2 is 1.13 bits per heavy atom. The first-order chi connectivity index (χ1) is 11.2. The van der Waals surface area contributed by atoms with Gasteiger partial charge in [0.25, 0.3) is 0 Å². The molecule has 0 aliphatic heterocycles. The molecule has 0 spiro atoms. The second-order valence-corrected chi connectivity index (χ2v) is 6.60. The molecule has 23 heavy (non-hydrogen) atoms. The van der Waals surface area contributed by atoms with Gasteiger partial charge >= 0.3 is 0 Å². The number of hydrogen-bond acceptors (Lipinski definition) is 4. The van der Waals surface area contributed by atoms with Gasteiger partial charge < -0.3 is 0 Å². The first-order valence-electron chi connectivity index (χ1n) is 8.88. The fourth-order valence-electron chi connectivity index (χ4n) is 3.22. The molecule has 0 unspecified atom stereocenters. The van der Waals surface area contributed by atoms with Crippen molar-refractivity contribution in [1.82, 2.24) is 10.9 Å².